The largest absolute Gasteiger partial charge is 0.341 e. The van der Waals surface area contributed by atoms with Crippen molar-refractivity contribution in [3.8, 4) is 0 Å². The molecule has 0 aromatic rings. The van der Waals surface area contributed by atoms with Crippen LogP contribution in [0.2, 0.25) is 0 Å². The number of carbonyl (C=O) groups excluding carboxylic acids is 1. The average molecular weight is 156 g/mol. The van der Waals surface area contributed by atoms with Gasteiger partial charge < -0.3 is 5.32 Å². The van der Waals surface area contributed by atoms with Crippen LogP contribution in [-0.4, -0.2) is 30.3 Å². The predicted octanol–water partition coefficient (Wildman–Crippen LogP) is -1.60. The van der Waals surface area contributed by atoms with E-state index in [2.05, 4.69) is 23.1 Å². The van der Waals surface area contributed by atoms with E-state index in [1.54, 1.807) is 5.12 Å². The van der Waals surface area contributed by atoms with Gasteiger partial charge in [-0.3, -0.25) is 4.79 Å². The van der Waals surface area contributed by atoms with Crippen molar-refractivity contribution in [3.05, 3.63) is 0 Å². The zero-order chi connectivity index (χ0) is 7.84. The van der Waals surface area contributed by atoms with Gasteiger partial charge in [0.05, 0.1) is 6.67 Å². The van der Waals surface area contributed by atoms with Crippen LogP contribution in [0, 0.1) is 5.92 Å². The average Bonchev–Trinajstić information content (AvgIpc) is 2.34. The Morgan fingerprint density at radius 1 is 1.55 bits per heavy atom. The van der Waals surface area contributed by atoms with Gasteiger partial charge in [-0.25, -0.2) is 10.9 Å². The smallest absolute Gasteiger partial charge is 0.241 e. The highest BCUT2D eigenvalue weighted by molar-refractivity contribution is 5.82. The molecule has 0 aromatic carbocycles. The number of carbonyl (C=O) groups is 1. The molecule has 2 fully saturated rings. The molecule has 2 rings (SSSR count). The van der Waals surface area contributed by atoms with Gasteiger partial charge in [0.1, 0.15) is 6.04 Å². The van der Waals surface area contributed by atoms with Crippen LogP contribution < -0.4 is 16.2 Å². The van der Waals surface area contributed by atoms with E-state index in [0.29, 0.717) is 12.6 Å². The van der Waals surface area contributed by atoms with E-state index in [0.717, 1.165) is 6.54 Å². The van der Waals surface area contributed by atoms with Crippen LogP contribution >= 0.6 is 0 Å². The maximum atomic E-state index is 11.3. The van der Waals surface area contributed by atoms with Crippen molar-refractivity contribution >= 4 is 5.91 Å². The molecule has 62 valence electrons. The van der Waals surface area contributed by atoms with Crippen molar-refractivity contribution in [2.24, 2.45) is 5.92 Å². The second kappa shape index (κ2) is 2.44. The molecule has 0 bridgehead atoms. The molecule has 2 atom stereocenters. The summed E-state index contributed by atoms with van der Waals surface area (Å²) in [5.74, 6) is 0.490. The second-order valence-electron chi connectivity index (χ2n) is 3.03. The van der Waals surface area contributed by atoms with Gasteiger partial charge >= 0.3 is 0 Å². The normalized spacial score (nSPS) is 38.5. The first-order chi connectivity index (χ1) is 5.29. The first-order valence-electron chi connectivity index (χ1n) is 3.83. The Hall–Kier alpha value is -0.650. The summed E-state index contributed by atoms with van der Waals surface area (Å²) in [4.78, 5) is 11.3. The number of hydrazine groups is 2. The first kappa shape index (κ1) is 7.02. The van der Waals surface area contributed by atoms with Gasteiger partial charge in [-0.2, -0.15) is 5.12 Å². The molecule has 0 saturated carbocycles. The third-order valence-electron chi connectivity index (χ3n) is 2.18. The van der Waals surface area contributed by atoms with E-state index < -0.39 is 0 Å². The van der Waals surface area contributed by atoms with Crippen LogP contribution in [0.5, 0.6) is 0 Å². The molecule has 0 radical (unpaired) electrons. The zero-order valence-corrected chi connectivity index (χ0v) is 6.42. The van der Waals surface area contributed by atoms with Gasteiger partial charge in [0.15, 0.2) is 0 Å². The molecule has 2 heterocycles. The number of amides is 1. The Kier molecular flexibility index (Phi) is 1.56. The van der Waals surface area contributed by atoms with Gasteiger partial charge in [0.25, 0.3) is 0 Å². The summed E-state index contributed by atoms with van der Waals surface area (Å²) in [5.41, 5.74) is 6.13. The summed E-state index contributed by atoms with van der Waals surface area (Å²) in [6, 6.07) is -0.0382. The van der Waals surface area contributed by atoms with Gasteiger partial charge in [-0.1, -0.05) is 6.92 Å². The Morgan fingerprint density at radius 3 is 3.09 bits per heavy atom. The van der Waals surface area contributed by atoms with Crippen molar-refractivity contribution in [2.45, 2.75) is 13.0 Å². The van der Waals surface area contributed by atoms with Crippen molar-refractivity contribution in [1.82, 2.24) is 21.3 Å². The molecule has 2 saturated heterocycles. The molecule has 2 aliphatic rings. The zero-order valence-electron chi connectivity index (χ0n) is 6.42. The van der Waals surface area contributed by atoms with Gasteiger partial charge in [0.2, 0.25) is 5.91 Å². The Balaban J connectivity index is 2.14. The highest BCUT2D eigenvalue weighted by Crippen LogP contribution is 2.15. The topological polar surface area (TPSA) is 56.4 Å². The lowest BCUT2D eigenvalue weighted by molar-refractivity contribution is -0.132. The molecule has 5 nitrogen and oxygen atoms in total. The van der Waals surface area contributed by atoms with Gasteiger partial charge in [-0.05, 0) is 5.92 Å². The van der Waals surface area contributed by atoms with Crippen LogP contribution in [0.15, 0.2) is 0 Å². The van der Waals surface area contributed by atoms with Crippen molar-refractivity contribution in [1.29, 1.82) is 0 Å². The maximum Gasteiger partial charge on any atom is 0.241 e. The summed E-state index contributed by atoms with van der Waals surface area (Å²) >= 11 is 0. The summed E-state index contributed by atoms with van der Waals surface area (Å²) in [6.07, 6.45) is 0. The second-order valence-corrected chi connectivity index (χ2v) is 3.03. The number of hydrogen-bond acceptors (Lipinski definition) is 4. The monoisotopic (exact) mass is 156 g/mol. The number of hydrogen-bond donors (Lipinski definition) is 3. The lowest BCUT2D eigenvalue weighted by Gasteiger charge is -2.30. The van der Waals surface area contributed by atoms with E-state index in [1.165, 1.54) is 0 Å². The van der Waals surface area contributed by atoms with Gasteiger partial charge in [0, 0.05) is 6.54 Å². The lowest BCUT2D eigenvalue weighted by Crippen LogP contribution is -2.62. The summed E-state index contributed by atoms with van der Waals surface area (Å²) in [7, 11) is 0. The molecule has 11 heavy (non-hydrogen) atoms. The minimum atomic E-state index is -0.0382. The molecule has 0 aromatic heterocycles. The maximum absolute atomic E-state index is 11.3. The third kappa shape index (κ3) is 1.01. The lowest BCUT2D eigenvalue weighted by atomic mass is 10.0. The minimum absolute atomic E-state index is 0.0382. The molecular weight excluding hydrogens is 144 g/mol. The fourth-order valence-electron chi connectivity index (χ4n) is 1.55. The standard InChI is InChI=1S/C6H12N4O/c1-4-2-8-10-5(4)6(11)7-3-9-10/h4-5,8-9H,2-3H2,1H3,(H,7,11). The Labute approximate surface area is 65.1 Å². The van der Waals surface area contributed by atoms with Crippen LogP contribution in [0.1, 0.15) is 6.92 Å². The van der Waals surface area contributed by atoms with Gasteiger partial charge in [-0.15, -0.1) is 0 Å². The minimum Gasteiger partial charge on any atom is -0.341 e. The van der Waals surface area contributed by atoms with E-state index >= 15 is 0 Å². The van der Waals surface area contributed by atoms with Crippen molar-refractivity contribution < 1.29 is 4.79 Å². The Bertz CT molecular complexity index is 181. The summed E-state index contributed by atoms with van der Waals surface area (Å²) < 4.78 is 0. The molecule has 3 N–H and O–H groups in total. The molecule has 1 amide bonds. The quantitative estimate of drug-likeness (QED) is 0.395. The van der Waals surface area contributed by atoms with Crippen LogP contribution in [0.3, 0.4) is 0 Å². The molecule has 0 aliphatic carbocycles. The molecule has 5 heteroatoms. The molecular formula is C6H12N4O. The van der Waals surface area contributed by atoms with Crippen molar-refractivity contribution in [3.63, 3.8) is 0 Å². The van der Waals surface area contributed by atoms with Crippen LogP contribution in [-0.2, 0) is 4.79 Å². The number of nitrogens with zero attached hydrogens (tertiary/aromatic N) is 1. The number of fused-ring (bicyclic) bond motifs is 1. The number of rotatable bonds is 0. The summed E-state index contributed by atoms with van der Waals surface area (Å²) in [6.45, 7) is 3.45. The highest BCUT2D eigenvalue weighted by Gasteiger charge is 2.38. The SMILES string of the molecule is CC1CNN2NCNC(=O)C12. The highest BCUT2D eigenvalue weighted by atomic mass is 16.2. The van der Waals surface area contributed by atoms with Crippen LogP contribution in [0.25, 0.3) is 0 Å². The predicted molar refractivity (Wildman–Crippen MR) is 38.9 cm³/mol. The Morgan fingerprint density at radius 2 is 2.36 bits per heavy atom. The van der Waals surface area contributed by atoms with Crippen molar-refractivity contribution in [2.75, 3.05) is 13.2 Å². The van der Waals surface area contributed by atoms with E-state index in [1.807, 2.05) is 0 Å². The van der Waals surface area contributed by atoms with E-state index in [-0.39, 0.29) is 11.9 Å². The molecule has 0 spiro atoms. The fraction of sp³-hybridized carbons (Fsp3) is 0.833. The first-order valence-corrected chi connectivity index (χ1v) is 3.83. The van der Waals surface area contributed by atoms with Crippen LogP contribution in [0.4, 0.5) is 0 Å². The van der Waals surface area contributed by atoms with E-state index in [9.17, 15) is 4.79 Å². The number of nitrogens with one attached hydrogen (secondary N) is 3. The molecule has 2 unspecified atom stereocenters. The molecule has 2 aliphatic heterocycles. The summed E-state index contributed by atoms with van der Waals surface area (Å²) in [5, 5.41) is 4.55. The van der Waals surface area contributed by atoms with E-state index in [4.69, 9.17) is 0 Å². The fourth-order valence-corrected chi connectivity index (χ4v) is 1.55. The third-order valence-corrected chi connectivity index (χ3v) is 2.18.